The summed E-state index contributed by atoms with van der Waals surface area (Å²) in [5, 5.41) is 12.5. The van der Waals surface area contributed by atoms with E-state index in [2.05, 4.69) is 55.2 Å². The molecule has 3 rings (SSSR count). The van der Waals surface area contributed by atoms with Crippen molar-refractivity contribution in [3.05, 3.63) is 36.1 Å². The number of benzene rings is 1. The van der Waals surface area contributed by atoms with Crippen molar-refractivity contribution in [3.63, 3.8) is 0 Å². The van der Waals surface area contributed by atoms with Gasteiger partial charge in [0.25, 0.3) is 0 Å². The number of hydrogen-bond donors (Lipinski definition) is 1. The van der Waals surface area contributed by atoms with E-state index in [4.69, 9.17) is 4.74 Å². The van der Waals surface area contributed by atoms with Crippen LogP contribution in [0.1, 0.15) is 40.5 Å². The van der Waals surface area contributed by atoms with Gasteiger partial charge in [-0.15, -0.1) is 10.2 Å². The molecule has 1 aromatic heterocycles. The lowest BCUT2D eigenvalue weighted by atomic mass is 9.79. The van der Waals surface area contributed by atoms with E-state index >= 15 is 0 Å². The maximum atomic E-state index is 13.4. The topological polar surface area (TPSA) is 50.3 Å². The third kappa shape index (κ3) is 4.38. The summed E-state index contributed by atoms with van der Waals surface area (Å²) < 4.78 is 18.7. The van der Waals surface area contributed by atoms with Crippen molar-refractivity contribution < 1.29 is 9.13 Å². The number of hydrogen-bond acceptors (Lipinski definition) is 5. The van der Waals surface area contributed by atoms with Crippen molar-refractivity contribution in [1.29, 1.82) is 0 Å². The van der Waals surface area contributed by atoms with Crippen molar-refractivity contribution in [1.82, 2.24) is 15.5 Å². The number of methoxy groups -OCH3 is 1. The standard InChI is InChI=1S/C21H29FN4O/c1-20(2)12-15(13-21(3,4)25-20)26(5)19-10-9-17(23-24-19)16-8-7-14(22)11-18(16)27-6/h7-11,15,25H,12-13H2,1-6H3. The minimum atomic E-state index is -0.337. The summed E-state index contributed by atoms with van der Waals surface area (Å²) in [6, 6.07) is 8.67. The van der Waals surface area contributed by atoms with Crippen LogP contribution in [-0.2, 0) is 0 Å². The fourth-order valence-corrected chi connectivity index (χ4v) is 4.26. The minimum Gasteiger partial charge on any atom is -0.496 e. The summed E-state index contributed by atoms with van der Waals surface area (Å²) in [5.74, 6) is 0.946. The minimum absolute atomic E-state index is 0.0650. The Hall–Kier alpha value is -2.21. The van der Waals surface area contributed by atoms with Gasteiger partial charge in [0.15, 0.2) is 5.82 Å². The molecule has 5 nitrogen and oxygen atoms in total. The molecule has 1 fully saturated rings. The van der Waals surface area contributed by atoms with Crippen molar-refractivity contribution in [2.75, 3.05) is 19.1 Å². The molecule has 0 aliphatic carbocycles. The molecular formula is C21H29FN4O. The van der Waals surface area contributed by atoms with Crippen LogP contribution >= 0.6 is 0 Å². The third-order valence-electron chi connectivity index (χ3n) is 5.17. The fourth-order valence-electron chi connectivity index (χ4n) is 4.26. The Morgan fingerprint density at radius 1 is 1.07 bits per heavy atom. The highest BCUT2D eigenvalue weighted by atomic mass is 19.1. The molecule has 1 aliphatic heterocycles. The predicted octanol–water partition coefficient (Wildman–Crippen LogP) is 4.04. The molecule has 1 aromatic carbocycles. The zero-order valence-electron chi connectivity index (χ0n) is 17.0. The van der Waals surface area contributed by atoms with Gasteiger partial charge in [-0.05, 0) is 64.8 Å². The Morgan fingerprint density at radius 2 is 1.74 bits per heavy atom. The van der Waals surface area contributed by atoms with Crippen LogP contribution in [-0.4, -0.2) is 41.5 Å². The molecule has 1 aliphatic rings. The Balaban J connectivity index is 1.83. The van der Waals surface area contributed by atoms with E-state index in [-0.39, 0.29) is 16.9 Å². The first-order valence-corrected chi connectivity index (χ1v) is 9.30. The Morgan fingerprint density at radius 3 is 2.30 bits per heavy atom. The molecule has 0 saturated carbocycles. The number of halogens is 1. The molecule has 6 heteroatoms. The van der Waals surface area contributed by atoms with E-state index in [1.54, 1.807) is 6.07 Å². The van der Waals surface area contributed by atoms with Crippen LogP contribution in [0, 0.1) is 5.82 Å². The number of anilines is 1. The highest BCUT2D eigenvalue weighted by Gasteiger charge is 2.39. The van der Waals surface area contributed by atoms with Crippen molar-refractivity contribution in [3.8, 4) is 17.0 Å². The molecule has 27 heavy (non-hydrogen) atoms. The lowest BCUT2D eigenvalue weighted by Gasteiger charge is -2.49. The van der Waals surface area contributed by atoms with Gasteiger partial charge in [-0.25, -0.2) is 4.39 Å². The second kappa shape index (κ2) is 7.08. The average molecular weight is 372 g/mol. The van der Waals surface area contributed by atoms with E-state index in [9.17, 15) is 4.39 Å². The maximum Gasteiger partial charge on any atom is 0.151 e. The Kier molecular flexibility index (Phi) is 5.12. The van der Waals surface area contributed by atoms with Gasteiger partial charge < -0.3 is 15.0 Å². The summed E-state index contributed by atoms with van der Waals surface area (Å²) >= 11 is 0. The molecule has 1 N–H and O–H groups in total. The molecule has 0 radical (unpaired) electrons. The van der Waals surface area contributed by atoms with Crippen LogP contribution in [0.5, 0.6) is 5.75 Å². The third-order valence-corrected chi connectivity index (χ3v) is 5.17. The molecule has 146 valence electrons. The first-order chi connectivity index (χ1) is 12.6. The first kappa shape index (κ1) is 19.5. The van der Waals surface area contributed by atoms with E-state index in [0.29, 0.717) is 17.5 Å². The molecule has 0 atom stereocenters. The van der Waals surface area contributed by atoms with Gasteiger partial charge in [-0.1, -0.05) is 0 Å². The number of nitrogens with one attached hydrogen (secondary N) is 1. The van der Waals surface area contributed by atoms with Crippen molar-refractivity contribution >= 4 is 5.82 Å². The molecule has 0 unspecified atom stereocenters. The van der Waals surface area contributed by atoms with Crippen LogP contribution in [0.15, 0.2) is 30.3 Å². The lowest BCUT2D eigenvalue weighted by Crippen LogP contribution is -2.62. The first-order valence-electron chi connectivity index (χ1n) is 9.30. The SMILES string of the molecule is COc1cc(F)ccc1-c1ccc(N(C)C2CC(C)(C)NC(C)(C)C2)nn1. The monoisotopic (exact) mass is 372 g/mol. The van der Waals surface area contributed by atoms with Crippen molar-refractivity contribution in [2.24, 2.45) is 0 Å². The number of aromatic nitrogens is 2. The van der Waals surface area contributed by atoms with Gasteiger partial charge in [0.2, 0.25) is 0 Å². The fraction of sp³-hybridized carbons (Fsp3) is 0.524. The number of piperidine rings is 1. The number of rotatable bonds is 4. The van der Waals surface area contributed by atoms with Crippen LogP contribution in [0.25, 0.3) is 11.3 Å². The summed E-state index contributed by atoms with van der Waals surface area (Å²) in [6.07, 6.45) is 2.06. The van der Waals surface area contributed by atoms with Crippen LogP contribution in [0.2, 0.25) is 0 Å². The average Bonchev–Trinajstić information content (AvgIpc) is 2.58. The Bertz CT molecular complexity index is 788. The van der Waals surface area contributed by atoms with Gasteiger partial charge in [0.05, 0.1) is 12.8 Å². The molecule has 0 spiro atoms. The van der Waals surface area contributed by atoms with E-state index < -0.39 is 0 Å². The number of ether oxygens (including phenoxy) is 1. The van der Waals surface area contributed by atoms with E-state index in [1.807, 2.05) is 12.1 Å². The summed E-state index contributed by atoms with van der Waals surface area (Å²) in [7, 11) is 3.60. The van der Waals surface area contributed by atoms with Gasteiger partial charge in [0, 0.05) is 35.8 Å². The van der Waals surface area contributed by atoms with Crippen LogP contribution < -0.4 is 15.0 Å². The van der Waals surface area contributed by atoms with Crippen LogP contribution in [0.4, 0.5) is 10.2 Å². The molecule has 2 heterocycles. The highest BCUT2D eigenvalue weighted by Crippen LogP contribution is 2.33. The summed E-state index contributed by atoms with van der Waals surface area (Å²) in [6.45, 7) is 8.96. The quantitative estimate of drug-likeness (QED) is 0.878. The van der Waals surface area contributed by atoms with Gasteiger partial charge in [-0.2, -0.15) is 0 Å². The zero-order chi connectivity index (χ0) is 19.8. The Labute approximate surface area is 160 Å². The molecule has 1 saturated heterocycles. The zero-order valence-corrected chi connectivity index (χ0v) is 17.0. The van der Waals surface area contributed by atoms with Gasteiger partial charge >= 0.3 is 0 Å². The molecule has 2 aromatic rings. The largest absolute Gasteiger partial charge is 0.496 e. The lowest BCUT2D eigenvalue weighted by molar-refractivity contribution is 0.160. The highest BCUT2D eigenvalue weighted by molar-refractivity contribution is 5.67. The number of nitrogens with zero attached hydrogens (tertiary/aromatic N) is 3. The van der Waals surface area contributed by atoms with E-state index in [0.717, 1.165) is 24.2 Å². The second-order valence-corrected chi connectivity index (χ2v) is 8.69. The second-order valence-electron chi connectivity index (χ2n) is 8.69. The molecule has 0 amide bonds. The smallest absolute Gasteiger partial charge is 0.151 e. The normalized spacial score (nSPS) is 18.9. The molecule has 0 bridgehead atoms. The van der Waals surface area contributed by atoms with Crippen LogP contribution in [0.3, 0.4) is 0 Å². The van der Waals surface area contributed by atoms with Gasteiger partial charge in [-0.3, -0.25) is 0 Å². The molecular weight excluding hydrogens is 343 g/mol. The maximum absolute atomic E-state index is 13.4. The van der Waals surface area contributed by atoms with Gasteiger partial charge in [0.1, 0.15) is 11.6 Å². The van der Waals surface area contributed by atoms with Crippen molar-refractivity contribution in [2.45, 2.75) is 57.7 Å². The van der Waals surface area contributed by atoms with E-state index in [1.165, 1.54) is 19.2 Å². The summed E-state index contributed by atoms with van der Waals surface area (Å²) in [5.41, 5.74) is 1.52. The summed E-state index contributed by atoms with van der Waals surface area (Å²) in [4.78, 5) is 2.21. The predicted molar refractivity (Wildman–Crippen MR) is 107 cm³/mol.